The van der Waals surface area contributed by atoms with Crippen molar-refractivity contribution in [2.75, 3.05) is 0 Å². The summed E-state index contributed by atoms with van der Waals surface area (Å²) in [5.41, 5.74) is 5.00. The van der Waals surface area contributed by atoms with Gasteiger partial charge in [0.15, 0.2) is 0 Å². The van der Waals surface area contributed by atoms with Crippen LogP contribution in [-0.4, -0.2) is 6.04 Å². The first-order valence-corrected chi connectivity index (χ1v) is 1.16. The molecule has 0 saturated heterocycles. The van der Waals surface area contributed by atoms with E-state index in [1.165, 1.54) is 0 Å². The molecule has 0 aliphatic heterocycles. The van der Waals surface area contributed by atoms with Crippen LogP contribution in [0.25, 0.3) is 0 Å². The highest BCUT2D eigenvalue weighted by atomic mass is 14.6. The van der Waals surface area contributed by atoms with Crippen LogP contribution in [0.15, 0.2) is 0 Å². The lowest BCUT2D eigenvalue weighted by Gasteiger charge is -1.60. The summed E-state index contributed by atoms with van der Waals surface area (Å²) >= 11 is 0. The minimum atomic E-state index is 0.0833. The van der Waals surface area contributed by atoms with E-state index in [-0.39, 0.29) is 6.04 Å². The van der Waals surface area contributed by atoms with Crippen LogP contribution >= 0.6 is 0 Å². The van der Waals surface area contributed by atoms with Gasteiger partial charge in [-0.25, -0.2) is 0 Å². The monoisotopic (exact) mass is 53.0 g/mol. The fourth-order valence-corrected chi connectivity index (χ4v) is 0.0481. The van der Waals surface area contributed by atoms with Gasteiger partial charge in [-0.2, -0.15) is 0 Å². The van der Waals surface area contributed by atoms with Gasteiger partial charge in [-0.1, -0.05) is 11.8 Å². The molecule has 20 valence electrons. The summed E-state index contributed by atoms with van der Waals surface area (Å²) in [5.74, 6) is 5.25. The minimum absolute atomic E-state index is 0.0833. The highest BCUT2D eigenvalue weighted by molar-refractivity contribution is 5.34. The molecular formula is C3H3N. The second-order valence-corrected chi connectivity index (χ2v) is 0.766. The van der Waals surface area contributed by atoms with E-state index in [0.717, 1.165) is 0 Å². The Bertz CT molecular complexity index is 67.0. The molecular weight excluding hydrogens is 50.0 g/mol. The lowest BCUT2D eigenvalue weighted by Crippen LogP contribution is -2.00. The van der Waals surface area contributed by atoms with Gasteiger partial charge in [0.05, 0.1) is 0 Å². The van der Waals surface area contributed by atoms with E-state index in [9.17, 15) is 0 Å². The molecule has 1 aliphatic rings. The van der Waals surface area contributed by atoms with Crippen molar-refractivity contribution in [3.8, 4) is 11.8 Å². The van der Waals surface area contributed by atoms with Gasteiger partial charge in [-0.15, -0.1) is 0 Å². The lowest BCUT2D eigenvalue weighted by atomic mass is 10.7. The first-order valence-electron chi connectivity index (χ1n) is 1.16. The van der Waals surface area contributed by atoms with Crippen LogP contribution in [0.5, 0.6) is 0 Å². The van der Waals surface area contributed by atoms with Crippen LogP contribution in [0, 0.1) is 11.8 Å². The largest absolute Gasteiger partial charge is 0.308 e. The molecule has 0 aromatic carbocycles. The minimum Gasteiger partial charge on any atom is -0.308 e. The molecule has 0 aromatic rings. The summed E-state index contributed by atoms with van der Waals surface area (Å²) in [7, 11) is 0. The third-order valence-electron chi connectivity index (χ3n) is 0.311. The van der Waals surface area contributed by atoms with E-state index < -0.39 is 0 Å². The van der Waals surface area contributed by atoms with Crippen molar-refractivity contribution in [3.05, 3.63) is 0 Å². The summed E-state index contributed by atoms with van der Waals surface area (Å²) in [4.78, 5) is 0. The Labute approximate surface area is 24.8 Å². The third kappa shape index (κ3) is 0.0647. The zero-order valence-corrected chi connectivity index (χ0v) is 2.15. The van der Waals surface area contributed by atoms with Crippen molar-refractivity contribution < 1.29 is 0 Å². The van der Waals surface area contributed by atoms with Crippen LogP contribution in [0.4, 0.5) is 0 Å². The Morgan fingerprint density at radius 2 is 1.75 bits per heavy atom. The quantitative estimate of drug-likeness (QED) is 0.364. The predicted octanol–water partition coefficient (Wildman–Crippen LogP) is -0.669. The lowest BCUT2D eigenvalue weighted by molar-refractivity contribution is 1.19. The maximum Gasteiger partial charge on any atom is 0.129 e. The van der Waals surface area contributed by atoms with Crippen molar-refractivity contribution in [2.24, 2.45) is 5.73 Å². The van der Waals surface area contributed by atoms with Crippen molar-refractivity contribution in [3.63, 3.8) is 0 Å². The van der Waals surface area contributed by atoms with Crippen LogP contribution < -0.4 is 5.73 Å². The van der Waals surface area contributed by atoms with Gasteiger partial charge in [0.2, 0.25) is 0 Å². The van der Waals surface area contributed by atoms with E-state index in [4.69, 9.17) is 5.73 Å². The summed E-state index contributed by atoms with van der Waals surface area (Å²) in [6, 6.07) is 0.0833. The first-order chi connectivity index (χ1) is 1.89. The standard InChI is InChI=1S/C3H3N/c4-3-1-2-3/h3H,4H2. The molecule has 0 amide bonds. The van der Waals surface area contributed by atoms with Crippen LogP contribution in [0.2, 0.25) is 0 Å². The van der Waals surface area contributed by atoms with E-state index in [1.807, 2.05) is 0 Å². The summed E-state index contributed by atoms with van der Waals surface area (Å²) in [5, 5.41) is 0. The molecule has 0 heterocycles. The number of rotatable bonds is 0. The van der Waals surface area contributed by atoms with Crippen molar-refractivity contribution in [1.82, 2.24) is 0 Å². The Hall–Kier alpha value is -0.480. The summed E-state index contributed by atoms with van der Waals surface area (Å²) < 4.78 is 0. The molecule has 0 unspecified atom stereocenters. The van der Waals surface area contributed by atoms with Crippen molar-refractivity contribution >= 4 is 0 Å². The van der Waals surface area contributed by atoms with Gasteiger partial charge in [-0.05, 0) is 0 Å². The highest BCUT2D eigenvalue weighted by Crippen LogP contribution is 1.80. The van der Waals surface area contributed by atoms with Gasteiger partial charge in [0, 0.05) is 0 Å². The number of hydrogen-bond donors (Lipinski definition) is 1. The molecule has 1 aliphatic carbocycles. The fourth-order valence-electron chi connectivity index (χ4n) is 0.0481. The fraction of sp³-hybridized carbons (Fsp3) is 0.333. The van der Waals surface area contributed by atoms with Gasteiger partial charge in [0.25, 0.3) is 0 Å². The van der Waals surface area contributed by atoms with Crippen molar-refractivity contribution in [1.29, 1.82) is 0 Å². The Morgan fingerprint density at radius 1 is 1.50 bits per heavy atom. The highest BCUT2D eigenvalue weighted by Gasteiger charge is 1.95. The SMILES string of the molecule is NC1C#C1. The predicted molar refractivity (Wildman–Crippen MR) is 15.8 cm³/mol. The average Bonchev–Trinajstić information content (AvgIpc) is 1.75. The zero-order chi connectivity index (χ0) is 2.99. The van der Waals surface area contributed by atoms with Gasteiger partial charge < -0.3 is 5.73 Å². The number of hydrogen-bond acceptors (Lipinski definition) is 1. The van der Waals surface area contributed by atoms with Crippen molar-refractivity contribution in [2.45, 2.75) is 6.04 Å². The van der Waals surface area contributed by atoms with Gasteiger partial charge >= 0.3 is 0 Å². The molecule has 1 nitrogen and oxygen atoms in total. The first kappa shape index (κ1) is 1.80. The molecule has 0 aromatic heterocycles. The molecule has 0 fully saturated rings. The Kier molecular flexibility index (Phi) is 0.129. The molecule has 0 spiro atoms. The second-order valence-electron chi connectivity index (χ2n) is 0.766. The average molecular weight is 53.1 g/mol. The summed E-state index contributed by atoms with van der Waals surface area (Å²) in [6.07, 6.45) is 0. The maximum atomic E-state index is 5.00. The molecule has 1 rings (SSSR count). The van der Waals surface area contributed by atoms with Crippen LogP contribution in [0.3, 0.4) is 0 Å². The molecule has 1 heteroatoms. The second kappa shape index (κ2) is 0.285. The van der Waals surface area contributed by atoms with E-state index in [1.54, 1.807) is 0 Å². The maximum absolute atomic E-state index is 5.00. The molecule has 4 heavy (non-hydrogen) atoms. The molecule has 0 atom stereocenters. The molecule has 2 N–H and O–H groups in total. The normalized spacial score (nSPS) is 18.2. The Balaban J connectivity index is 2.38. The van der Waals surface area contributed by atoms with E-state index >= 15 is 0 Å². The zero-order valence-electron chi connectivity index (χ0n) is 2.15. The van der Waals surface area contributed by atoms with E-state index in [2.05, 4.69) is 11.8 Å². The van der Waals surface area contributed by atoms with Crippen LogP contribution in [-0.2, 0) is 0 Å². The third-order valence-corrected chi connectivity index (χ3v) is 0.311. The Morgan fingerprint density at radius 3 is 1.75 bits per heavy atom. The number of nitrogens with two attached hydrogens (primary N) is 1. The van der Waals surface area contributed by atoms with Gasteiger partial charge in [-0.3, -0.25) is 0 Å². The molecule has 0 saturated carbocycles. The summed E-state index contributed by atoms with van der Waals surface area (Å²) in [6.45, 7) is 0. The molecule has 0 bridgehead atoms. The van der Waals surface area contributed by atoms with E-state index in [0.29, 0.717) is 0 Å². The van der Waals surface area contributed by atoms with Crippen LogP contribution in [0.1, 0.15) is 0 Å². The van der Waals surface area contributed by atoms with Gasteiger partial charge in [0.1, 0.15) is 6.04 Å². The molecule has 0 radical (unpaired) electrons. The topological polar surface area (TPSA) is 26.0 Å². The smallest absolute Gasteiger partial charge is 0.129 e.